The Kier molecular flexibility index (Phi) is 4.51. The molecular weight excluding hydrogens is 206 g/mol. The molecule has 0 aromatic carbocycles. The third-order valence-corrected chi connectivity index (χ3v) is 1.95. The van der Waals surface area contributed by atoms with E-state index in [4.69, 9.17) is 9.47 Å². The molecule has 0 atom stereocenters. The Hall–Kier alpha value is -1.84. The number of pyridine rings is 1. The molecule has 16 heavy (non-hydrogen) atoms. The van der Waals surface area contributed by atoms with E-state index in [0.29, 0.717) is 18.1 Å². The molecule has 0 bridgehead atoms. The second-order valence-electron chi connectivity index (χ2n) is 3.18. The molecule has 86 valence electrons. The summed E-state index contributed by atoms with van der Waals surface area (Å²) in [6.07, 6.45) is 3.37. The molecule has 4 heteroatoms. The minimum atomic E-state index is -0.307. The maximum absolute atomic E-state index is 11.3. The molecular formula is C12H15NO3. The van der Waals surface area contributed by atoms with Crippen molar-refractivity contribution < 1.29 is 14.3 Å². The van der Waals surface area contributed by atoms with Crippen molar-refractivity contribution in [3.63, 3.8) is 0 Å². The van der Waals surface area contributed by atoms with E-state index in [1.165, 1.54) is 0 Å². The first-order valence-electron chi connectivity index (χ1n) is 5.02. The van der Waals surface area contributed by atoms with Gasteiger partial charge in [-0.1, -0.05) is 0 Å². The van der Waals surface area contributed by atoms with Crippen LogP contribution in [0.2, 0.25) is 0 Å². The maximum Gasteiger partial charge on any atom is 0.333 e. The molecule has 0 unspecified atom stereocenters. The van der Waals surface area contributed by atoms with Gasteiger partial charge in [0.1, 0.15) is 0 Å². The van der Waals surface area contributed by atoms with Gasteiger partial charge in [-0.15, -0.1) is 0 Å². The predicted molar refractivity (Wildman–Crippen MR) is 61.1 cm³/mol. The normalized spacial score (nSPS) is 11.1. The van der Waals surface area contributed by atoms with E-state index in [2.05, 4.69) is 4.98 Å². The zero-order chi connectivity index (χ0) is 12.0. The summed E-state index contributed by atoms with van der Waals surface area (Å²) in [7, 11) is 1.56. The molecule has 0 fully saturated rings. The second kappa shape index (κ2) is 5.90. The number of ether oxygens (including phenoxy) is 2. The molecule has 1 aromatic rings. The molecule has 1 rings (SSSR count). The molecule has 0 radical (unpaired) electrons. The lowest BCUT2D eigenvalue weighted by Gasteiger charge is -2.02. The number of aromatic nitrogens is 1. The van der Waals surface area contributed by atoms with Gasteiger partial charge in [0.25, 0.3) is 0 Å². The van der Waals surface area contributed by atoms with Crippen LogP contribution in [0.15, 0.2) is 23.9 Å². The Morgan fingerprint density at radius 1 is 1.50 bits per heavy atom. The summed E-state index contributed by atoms with van der Waals surface area (Å²) in [5, 5.41) is 0. The molecule has 0 N–H and O–H groups in total. The maximum atomic E-state index is 11.3. The highest BCUT2D eigenvalue weighted by Gasteiger charge is 2.04. The van der Waals surface area contributed by atoms with Crippen molar-refractivity contribution in [2.75, 3.05) is 13.7 Å². The first kappa shape index (κ1) is 12.2. The van der Waals surface area contributed by atoms with Gasteiger partial charge in [-0.2, -0.15) is 0 Å². The fourth-order valence-electron chi connectivity index (χ4n) is 1.15. The fourth-order valence-corrected chi connectivity index (χ4v) is 1.15. The molecule has 0 aliphatic carbocycles. The standard InChI is InChI=1S/C12H15NO3/c1-4-16-12(14)9(2)7-10-5-6-11(15-3)13-8-10/h5-8H,4H2,1-3H3/b9-7-. The van der Waals surface area contributed by atoms with E-state index in [1.807, 2.05) is 6.07 Å². The third kappa shape index (κ3) is 3.38. The second-order valence-corrected chi connectivity index (χ2v) is 3.18. The van der Waals surface area contributed by atoms with Crippen LogP contribution in [0.1, 0.15) is 19.4 Å². The van der Waals surface area contributed by atoms with Crippen molar-refractivity contribution in [2.24, 2.45) is 0 Å². The lowest BCUT2D eigenvalue weighted by molar-refractivity contribution is -0.138. The average molecular weight is 221 g/mol. The summed E-state index contributed by atoms with van der Waals surface area (Å²) >= 11 is 0. The van der Waals surface area contributed by atoms with Crippen molar-refractivity contribution in [3.05, 3.63) is 29.5 Å². The van der Waals surface area contributed by atoms with E-state index in [0.717, 1.165) is 5.56 Å². The van der Waals surface area contributed by atoms with Crippen molar-refractivity contribution >= 4 is 12.0 Å². The Morgan fingerprint density at radius 3 is 2.75 bits per heavy atom. The van der Waals surface area contributed by atoms with Crippen LogP contribution in [0.25, 0.3) is 6.08 Å². The predicted octanol–water partition coefficient (Wildman–Crippen LogP) is 2.06. The van der Waals surface area contributed by atoms with E-state index >= 15 is 0 Å². The topological polar surface area (TPSA) is 48.4 Å². The number of hydrogen-bond donors (Lipinski definition) is 0. The van der Waals surface area contributed by atoms with Crippen molar-refractivity contribution in [1.29, 1.82) is 0 Å². The van der Waals surface area contributed by atoms with Crippen LogP contribution in [-0.4, -0.2) is 24.7 Å². The van der Waals surface area contributed by atoms with Crippen molar-refractivity contribution in [1.82, 2.24) is 4.98 Å². The minimum absolute atomic E-state index is 0.307. The Balaban J connectivity index is 2.77. The van der Waals surface area contributed by atoms with Gasteiger partial charge in [0.05, 0.1) is 13.7 Å². The molecule has 0 spiro atoms. The van der Waals surface area contributed by atoms with E-state index in [9.17, 15) is 4.79 Å². The third-order valence-electron chi connectivity index (χ3n) is 1.95. The van der Waals surface area contributed by atoms with Gasteiger partial charge >= 0.3 is 5.97 Å². The van der Waals surface area contributed by atoms with Crippen LogP contribution in [0.4, 0.5) is 0 Å². The molecule has 0 saturated carbocycles. The number of rotatable bonds is 4. The first-order valence-corrected chi connectivity index (χ1v) is 5.02. The molecule has 1 heterocycles. The molecule has 1 aromatic heterocycles. The number of methoxy groups -OCH3 is 1. The first-order chi connectivity index (χ1) is 7.67. The van der Waals surface area contributed by atoms with Crippen LogP contribution < -0.4 is 4.74 Å². The summed E-state index contributed by atoms with van der Waals surface area (Å²) in [6, 6.07) is 3.57. The highest BCUT2D eigenvalue weighted by Crippen LogP contribution is 2.10. The SMILES string of the molecule is CCOC(=O)/C(C)=C\c1ccc(OC)nc1. The monoisotopic (exact) mass is 221 g/mol. The largest absolute Gasteiger partial charge is 0.481 e. The number of hydrogen-bond acceptors (Lipinski definition) is 4. The zero-order valence-corrected chi connectivity index (χ0v) is 9.69. The molecule has 0 aliphatic rings. The van der Waals surface area contributed by atoms with Gasteiger partial charge in [0.15, 0.2) is 0 Å². The minimum Gasteiger partial charge on any atom is -0.481 e. The lowest BCUT2D eigenvalue weighted by Crippen LogP contribution is -2.04. The average Bonchev–Trinajstić information content (AvgIpc) is 2.30. The van der Waals surface area contributed by atoms with E-state index in [1.54, 1.807) is 39.3 Å². The zero-order valence-electron chi connectivity index (χ0n) is 9.69. The van der Waals surface area contributed by atoms with Gasteiger partial charge < -0.3 is 9.47 Å². The number of esters is 1. The molecule has 0 amide bonds. The molecule has 4 nitrogen and oxygen atoms in total. The quantitative estimate of drug-likeness (QED) is 0.576. The smallest absolute Gasteiger partial charge is 0.333 e. The Labute approximate surface area is 94.9 Å². The van der Waals surface area contributed by atoms with Crippen molar-refractivity contribution in [3.8, 4) is 5.88 Å². The van der Waals surface area contributed by atoms with Gasteiger partial charge in [-0.25, -0.2) is 9.78 Å². The highest BCUT2D eigenvalue weighted by molar-refractivity contribution is 5.92. The summed E-state index contributed by atoms with van der Waals surface area (Å²) < 4.78 is 9.81. The van der Waals surface area contributed by atoms with Crippen LogP contribution in [0, 0.1) is 0 Å². The molecule has 0 aliphatic heterocycles. The van der Waals surface area contributed by atoms with Crippen LogP contribution in [0.3, 0.4) is 0 Å². The van der Waals surface area contributed by atoms with Gasteiger partial charge in [-0.3, -0.25) is 0 Å². The van der Waals surface area contributed by atoms with Gasteiger partial charge in [0.2, 0.25) is 5.88 Å². The number of nitrogens with zero attached hydrogens (tertiary/aromatic N) is 1. The van der Waals surface area contributed by atoms with E-state index in [-0.39, 0.29) is 5.97 Å². The lowest BCUT2D eigenvalue weighted by atomic mass is 10.2. The van der Waals surface area contributed by atoms with Gasteiger partial charge in [0, 0.05) is 17.8 Å². The number of carbonyl (C=O) groups excluding carboxylic acids is 1. The van der Waals surface area contributed by atoms with Crippen molar-refractivity contribution in [2.45, 2.75) is 13.8 Å². The fraction of sp³-hybridized carbons (Fsp3) is 0.333. The Morgan fingerprint density at radius 2 is 2.25 bits per heavy atom. The number of carbonyl (C=O) groups is 1. The summed E-state index contributed by atoms with van der Waals surface area (Å²) in [5.41, 5.74) is 1.39. The molecule has 0 saturated heterocycles. The van der Waals surface area contributed by atoms with Gasteiger partial charge in [-0.05, 0) is 31.6 Å². The summed E-state index contributed by atoms with van der Waals surface area (Å²) in [4.78, 5) is 15.4. The highest BCUT2D eigenvalue weighted by atomic mass is 16.5. The van der Waals surface area contributed by atoms with E-state index < -0.39 is 0 Å². The summed E-state index contributed by atoms with van der Waals surface area (Å²) in [5.74, 6) is 0.240. The summed E-state index contributed by atoms with van der Waals surface area (Å²) in [6.45, 7) is 3.87. The van der Waals surface area contributed by atoms with Crippen LogP contribution in [0.5, 0.6) is 5.88 Å². The Bertz CT molecular complexity index is 382. The van der Waals surface area contributed by atoms with Crippen LogP contribution >= 0.6 is 0 Å². The van der Waals surface area contributed by atoms with Crippen LogP contribution in [-0.2, 0) is 9.53 Å².